The van der Waals surface area contributed by atoms with Crippen molar-refractivity contribution in [1.29, 1.82) is 0 Å². The van der Waals surface area contributed by atoms with Crippen LogP contribution in [0.3, 0.4) is 0 Å². The van der Waals surface area contributed by atoms with Gasteiger partial charge in [0.25, 0.3) is 0 Å². The molecule has 0 radical (unpaired) electrons. The average molecular weight is 277 g/mol. The zero-order chi connectivity index (χ0) is 13.8. The van der Waals surface area contributed by atoms with Gasteiger partial charge in [0.05, 0.1) is 6.04 Å². The molecule has 2 heterocycles. The zero-order valence-electron chi connectivity index (χ0n) is 10.7. The van der Waals surface area contributed by atoms with E-state index in [4.69, 9.17) is 5.73 Å². The summed E-state index contributed by atoms with van der Waals surface area (Å²) in [5.74, 6) is -0.179. The minimum atomic E-state index is -0.554. The Hall–Kier alpha value is -1.86. The fraction of sp³-hybridized carbons (Fsp3) is 0.333. The molecule has 2 aromatic rings. The SMILES string of the molecule is CC(C)[C@H](N)C(=O)Nc1nnc(-c2ccccn2)s1. The summed E-state index contributed by atoms with van der Waals surface area (Å²) in [5, 5.41) is 11.7. The van der Waals surface area contributed by atoms with Gasteiger partial charge in [-0.1, -0.05) is 31.3 Å². The van der Waals surface area contributed by atoms with Crippen LogP contribution in [0, 0.1) is 5.92 Å². The van der Waals surface area contributed by atoms with E-state index in [1.165, 1.54) is 11.3 Å². The molecule has 1 amide bonds. The molecule has 1 atom stereocenters. The molecular formula is C12H15N5OS. The van der Waals surface area contributed by atoms with Crippen LogP contribution in [0.25, 0.3) is 10.7 Å². The average Bonchev–Trinajstić information content (AvgIpc) is 2.87. The van der Waals surface area contributed by atoms with Crippen LogP contribution in [-0.4, -0.2) is 27.1 Å². The molecule has 7 heteroatoms. The summed E-state index contributed by atoms with van der Waals surface area (Å²) >= 11 is 1.27. The number of carbonyl (C=O) groups excluding carboxylic acids is 1. The minimum absolute atomic E-state index is 0.0724. The molecule has 100 valence electrons. The Labute approximate surface area is 115 Å². The van der Waals surface area contributed by atoms with Crippen LogP contribution >= 0.6 is 11.3 Å². The highest BCUT2D eigenvalue weighted by atomic mass is 32.1. The molecule has 0 unspecified atom stereocenters. The lowest BCUT2D eigenvalue weighted by atomic mass is 10.1. The summed E-state index contributed by atoms with van der Waals surface area (Å²) in [5.41, 5.74) is 6.49. The van der Waals surface area contributed by atoms with Gasteiger partial charge in [-0.25, -0.2) is 0 Å². The first-order chi connectivity index (χ1) is 9.08. The van der Waals surface area contributed by atoms with Crippen LogP contribution in [-0.2, 0) is 4.79 Å². The van der Waals surface area contributed by atoms with E-state index in [2.05, 4.69) is 20.5 Å². The van der Waals surface area contributed by atoms with Crippen LogP contribution in [0.5, 0.6) is 0 Å². The van der Waals surface area contributed by atoms with Crippen molar-refractivity contribution in [2.45, 2.75) is 19.9 Å². The Morgan fingerprint density at radius 2 is 2.16 bits per heavy atom. The van der Waals surface area contributed by atoms with E-state index < -0.39 is 6.04 Å². The Morgan fingerprint density at radius 1 is 1.37 bits per heavy atom. The monoisotopic (exact) mass is 277 g/mol. The molecule has 19 heavy (non-hydrogen) atoms. The Kier molecular flexibility index (Phi) is 4.18. The first-order valence-corrected chi connectivity index (χ1v) is 6.71. The summed E-state index contributed by atoms with van der Waals surface area (Å²) in [6.45, 7) is 3.79. The Balaban J connectivity index is 2.08. The summed E-state index contributed by atoms with van der Waals surface area (Å²) in [4.78, 5) is 16.0. The molecule has 0 aliphatic carbocycles. The van der Waals surface area contributed by atoms with Gasteiger partial charge in [0, 0.05) is 6.20 Å². The largest absolute Gasteiger partial charge is 0.320 e. The highest BCUT2D eigenvalue weighted by Gasteiger charge is 2.19. The van der Waals surface area contributed by atoms with Gasteiger partial charge in [0.2, 0.25) is 11.0 Å². The number of hydrogen-bond acceptors (Lipinski definition) is 6. The maximum atomic E-state index is 11.8. The van der Waals surface area contributed by atoms with Crippen molar-refractivity contribution in [3.05, 3.63) is 24.4 Å². The highest BCUT2D eigenvalue weighted by Crippen LogP contribution is 2.24. The van der Waals surface area contributed by atoms with E-state index >= 15 is 0 Å². The van der Waals surface area contributed by atoms with Gasteiger partial charge < -0.3 is 5.73 Å². The molecule has 0 aliphatic rings. The number of rotatable bonds is 4. The smallest absolute Gasteiger partial charge is 0.243 e. The number of amides is 1. The molecule has 0 saturated heterocycles. The van der Waals surface area contributed by atoms with Gasteiger partial charge in [0.1, 0.15) is 5.69 Å². The fourth-order valence-corrected chi connectivity index (χ4v) is 2.08. The molecule has 0 fully saturated rings. The van der Waals surface area contributed by atoms with Crippen molar-refractivity contribution in [3.63, 3.8) is 0 Å². The summed E-state index contributed by atoms with van der Waals surface area (Å²) < 4.78 is 0. The Bertz CT molecular complexity index is 554. The molecule has 0 aliphatic heterocycles. The van der Waals surface area contributed by atoms with Crippen LogP contribution in [0.15, 0.2) is 24.4 Å². The topological polar surface area (TPSA) is 93.8 Å². The van der Waals surface area contributed by atoms with Gasteiger partial charge in [-0.2, -0.15) is 0 Å². The van der Waals surface area contributed by atoms with Crippen molar-refractivity contribution in [2.24, 2.45) is 11.7 Å². The van der Waals surface area contributed by atoms with E-state index in [9.17, 15) is 4.79 Å². The standard InChI is InChI=1S/C12H15N5OS/c1-7(2)9(13)10(18)15-12-17-16-11(19-12)8-5-3-4-6-14-8/h3-7,9H,13H2,1-2H3,(H,15,17,18)/t9-/m0/s1. The molecule has 0 spiro atoms. The minimum Gasteiger partial charge on any atom is -0.320 e. The van der Waals surface area contributed by atoms with Crippen LogP contribution < -0.4 is 11.1 Å². The number of anilines is 1. The van der Waals surface area contributed by atoms with Gasteiger partial charge in [-0.15, -0.1) is 10.2 Å². The predicted octanol–water partition coefficient (Wildman–Crippen LogP) is 1.52. The third-order valence-electron chi connectivity index (χ3n) is 2.56. The molecule has 0 saturated carbocycles. The molecule has 3 N–H and O–H groups in total. The maximum Gasteiger partial charge on any atom is 0.243 e. The number of nitrogens with two attached hydrogens (primary N) is 1. The van der Waals surface area contributed by atoms with E-state index in [1.807, 2.05) is 32.0 Å². The number of nitrogens with zero attached hydrogens (tertiary/aromatic N) is 3. The van der Waals surface area contributed by atoms with Gasteiger partial charge >= 0.3 is 0 Å². The van der Waals surface area contributed by atoms with Crippen LogP contribution in [0.1, 0.15) is 13.8 Å². The van der Waals surface area contributed by atoms with Crippen molar-refractivity contribution < 1.29 is 4.79 Å². The molecule has 0 bridgehead atoms. The molecular weight excluding hydrogens is 262 g/mol. The molecule has 0 aromatic carbocycles. The van der Waals surface area contributed by atoms with E-state index in [-0.39, 0.29) is 11.8 Å². The normalized spacial score (nSPS) is 12.4. The van der Waals surface area contributed by atoms with E-state index in [1.54, 1.807) is 6.20 Å². The third kappa shape index (κ3) is 3.33. The lowest BCUT2D eigenvalue weighted by Gasteiger charge is -2.13. The second-order valence-electron chi connectivity index (χ2n) is 4.39. The second-order valence-corrected chi connectivity index (χ2v) is 5.36. The van der Waals surface area contributed by atoms with Crippen LogP contribution in [0.4, 0.5) is 5.13 Å². The number of aromatic nitrogens is 3. The predicted molar refractivity (Wildman–Crippen MR) is 74.6 cm³/mol. The number of carbonyl (C=O) groups is 1. The number of hydrogen-bond donors (Lipinski definition) is 2. The quantitative estimate of drug-likeness (QED) is 0.883. The Morgan fingerprint density at radius 3 is 2.79 bits per heavy atom. The van der Waals surface area contributed by atoms with E-state index in [0.717, 1.165) is 5.69 Å². The lowest BCUT2D eigenvalue weighted by molar-refractivity contribution is -0.118. The first-order valence-electron chi connectivity index (χ1n) is 5.89. The molecule has 2 rings (SSSR count). The summed E-state index contributed by atoms with van der Waals surface area (Å²) in [7, 11) is 0. The van der Waals surface area contributed by atoms with Crippen LogP contribution in [0.2, 0.25) is 0 Å². The maximum absolute atomic E-state index is 11.8. The van der Waals surface area contributed by atoms with Gasteiger partial charge in [0.15, 0.2) is 5.01 Å². The molecule has 2 aromatic heterocycles. The fourth-order valence-electron chi connectivity index (χ4n) is 1.36. The van der Waals surface area contributed by atoms with Crippen molar-refractivity contribution >= 4 is 22.4 Å². The molecule has 6 nitrogen and oxygen atoms in total. The number of pyridine rings is 1. The van der Waals surface area contributed by atoms with Gasteiger partial charge in [-0.3, -0.25) is 15.1 Å². The summed E-state index contributed by atoms with van der Waals surface area (Å²) in [6, 6.07) is 4.99. The summed E-state index contributed by atoms with van der Waals surface area (Å²) in [6.07, 6.45) is 1.68. The zero-order valence-corrected chi connectivity index (χ0v) is 11.5. The second kappa shape index (κ2) is 5.85. The van der Waals surface area contributed by atoms with Crippen molar-refractivity contribution in [1.82, 2.24) is 15.2 Å². The van der Waals surface area contributed by atoms with Crippen molar-refractivity contribution in [3.8, 4) is 10.7 Å². The number of nitrogens with one attached hydrogen (secondary N) is 1. The van der Waals surface area contributed by atoms with Gasteiger partial charge in [-0.05, 0) is 18.1 Å². The highest BCUT2D eigenvalue weighted by molar-refractivity contribution is 7.18. The van der Waals surface area contributed by atoms with Crippen molar-refractivity contribution in [2.75, 3.05) is 5.32 Å². The third-order valence-corrected chi connectivity index (χ3v) is 3.42. The van der Waals surface area contributed by atoms with E-state index in [0.29, 0.717) is 10.1 Å². The lowest BCUT2D eigenvalue weighted by Crippen LogP contribution is -2.39. The first kappa shape index (κ1) is 13.6.